The van der Waals surface area contributed by atoms with Gasteiger partial charge in [-0.1, -0.05) is 104 Å². The molecule has 186 valence electrons. The fraction of sp³-hybridized carbons (Fsp3) is 0.0811. The quantitative estimate of drug-likeness (QED) is 0.167. The van der Waals surface area contributed by atoms with E-state index in [1.807, 2.05) is 0 Å². The molecule has 0 aliphatic carbocycles. The zero-order valence-electron chi connectivity index (χ0n) is 22.5. The number of hydrogen-bond acceptors (Lipinski definition) is 1. The molecule has 0 aromatic heterocycles. The maximum absolute atomic E-state index is 2.49. The number of para-hydroxylation sites is 1. The molecule has 7 aromatic carbocycles. The summed E-state index contributed by atoms with van der Waals surface area (Å²) in [5.41, 5.74) is 7.77. The minimum Gasteiger partial charge on any atom is -0.310 e. The van der Waals surface area contributed by atoms with Gasteiger partial charge in [0.2, 0.25) is 0 Å². The van der Waals surface area contributed by atoms with Crippen LogP contribution in [-0.4, -0.2) is 8.07 Å². The van der Waals surface area contributed by atoms with Gasteiger partial charge in [-0.25, -0.2) is 0 Å². The van der Waals surface area contributed by atoms with Crippen molar-refractivity contribution >= 4 is 67.8 Å². The van der Waals surface area contributed by atoms with E-state index in [0.717, 1.165) is 0 Å². The van der Waals surface area contributed by atoms with Crippen LogP contribution in [0.3, 0.4) is 0 Å². The molecule has 1 nitrogen and oxygen atoms in total. The summed E-state index contributed by atoms with van der Waals surface area (Å²) in [6.07, 6.45) is 0. The van der Waals surface area contributed by atoms with E-state index in [-0.39, 0.29) is 0 Å². The van der Waals surface area contributed by atoms with Crippen LogP contribution >= 0.6 is 0 Å². The minimum atomic E-state index is -1.80. The van der Waals surface area contributed by atoms with E-state index in [9.17, 15) is 0 Å². The third kappa shape index (κ3) is 3.13. The molecule has 1 aliphatic rings. The summed E-state index contributed by atoms with van der Waals surface area (Å²) < 4.78 is 0. The first-order chi connectivity index (χ1) is 19.0. The van der Waals surface area contributed by atoms with Crippen LogP contribution in [0.4, 0.5) is 17.1 Å². The third-order valence-electron chi connectivity index (χ3n) is 8.94. The van der Waals surface area contributed by atoms with Crippen molar-refractivity contribution in [3.8, 4) is 11.1 Å². The monoisotopic (exact) mass is 515 g/mol. The molecule has 1 aliphatic heterocycles. The molecule has 39 heavy (non-hydrogen) atoms. The number of benzene rings is 7. The van der Waals surface area contributed by atoms with E-state index in [4.69, 9.17) is 0 Å². The standard InChI is InChI=1S/C37H29NSi/c1-24-13-14-25-16-20-32-33(22-17-26-15-19-29(24)36(25)37(26)32)38(27-9-5-4-6-10-27)28-18-21-31-30-11-7-8-12-34(30)39(2,3)35(31)23-28/h4-23H,1-3H3. The smallest absolute Gasteiger partial charge is 0.113 e. The summed E-state index contributed by atoms with van der Waals surface area (Å²) in [4.78, 5) is 2.46. The predicted octanol–water partition coefficient (Wildman–Crippen LogP) is 9.17. The van der Waals surface area contributed by atoms with E-state index in [2.05, 4.69) is 146 Å². The Morgan fingerprint density at radius 2 is 1.15 bits per heavy atom. The summed E-state index contributed by atoms with van der Waals surface area (Å²) in [6.45, 7) is 7.21. The fourth-order valence-corrected chi connectivity index (χ4v) is 10.1. The highest BCUT2D eigenvalue weighted by molar-refractivity contribution is 7.03. The zero-order chi connectivity index (χ0) is 26.3. The first kappa shape index (κ1) is 22.6. The second-order valence-electron chi connectivity index (χ2n) is 11.5. The van der Waals surface area contributed by atoms with Crippen LogP contribution in [0.5, 0.6) is 0 Å². The lowest BCUT2D eigenvalue weighted by atomic mass is 9.91. The number of nitrogens with zero attached hydrogens (tertiary/aromatic N) is 1. The number of fused-ring (bicyclic) bond motifs is 3. The molecule has 0 radical (unpaired) electrons. The molecule has 0 saturated carbocycles. The van der Waals surface area contributed by atoms with Crippen molar-refractivity contribution in [2.45, 2.75) is 20.0 Å². The van der Waals surface area contributed by atoms with Gasteiger partial charge in [-0.05, 0) is 91.3 Å². The number of hydrogen-bond donors (Lipinski definition) is 0. The lowest BCUT2D eigenvalue weighted by Crippen LogP contribution is -2.49. The molecule has 0 spiro atoms. The van der Waals surface area contributed by atoms with Crippen LogP contribution < -0.4 is 15.3 Å². The number of anilines is 3. The summed E-state index contributed by atoms with van der Waals surface area (Å²) in [5, 5.41) is 11.0. The normalized spacial score (nSPS) is 13.7. The Bertz CT molecular complexity index is 2050. The first-order valence-electron chi connectivity index (χ1n) is 13.8. The number of aryl methyl sites for hydroxylation is 1. The van der Waals surface area contributed by atoms with Crippen molar-refractivity contribution in [1.82, 2.24) is 0 Å². The molecule has 0 fully saturated rings. The van der Waals surface area contributed by atoms with Gasteiger partial charge in [0, 0.05) is 16.8 Å². The Morgan fingerprint density at radius 3 is 1.97 bits per heavy atom. The average Bonchev–Trinajstić information content (AvgIpc) is 3.20. The molecule has 1 heterocycles. The van der Waals surface area contributed by atoms with Crippen molar-refractivity contribution in [2.75, 3.05) is 4.90 Å². The second-order valence-corrected chi connectivity index (χ2v) is 15.8. The maximum atomic E-state index is 2.49. The van der Waals surface area contributed by atoms with Crippen LogP contribution in [0, 0.1) is 6.92 Å². The third-order valence-corrected chi connectivity index (χ3v) is 12.5. The van der Waals surface area contributed by atoms with E-state index in [0.29, 0.717) is 0 Å². The van der Waals surface area contributed by atoms with Gasteiger partial charge >= 0.3 is 0 Å². The Morgan fingerprint density at radius 1 is 0.513 bits per heavy atom. The van der Waals surface area contributed by atoms with Crippen molar-refractivity contribution < 1.29 is 0 Å². The van der Waals surface area contributed by atoms with Crippen LogP contribution in [-0.2, 0) is 0 Å². The molecule has 0 amide bonds. The molecule has 0 saturated heterocycles. The molecule has 7 aromatic rings. The van der Waals surface area contributed by atoms with Gasteiger partial charge in [0.25, 0.3) is 0 Å². The van der Waals surface area contributed by atoms with Crippen LogP contribution in [0.15, 0.2) is 121 Å². The summed E-state index contributed by atoms with van der Waals surface area (Å²) >= 11 is 0. The molecule has 0 bridgehead atoms. The highest BCUT2D eigenvalue weighted by Gasteiger charge is 2.37. The van der Waals surface area contributed by atoms with Gasteiger partial charge in [0.05, 0.1) is 5.69 Å². The number of rotatable bonds is 3. The van der Waals surface area contributed by atoms with Crippen molar-refractivity contribution in [2.24, 2.45) is 0 Å². The molecule has 8 rings (SSSR count). The molecular weight excluding hydrogens is 487 g/mol. The van der Waals surface area contributed by atoms with Gasteiger partial charge in [-0.15, -0.1) is 0 Å². The van der Waals surface area contributed by atoms with Gasteiger partial charge in [0.1, 0.15) is 8.07 Å². The zero-order valence-corrected chi connectivity index (χ0v) is 23.5. The Labute approximate surface area is 230 Å². The van der Waals surface area contributed by atoms with Gasteiger partial charge in [0.15, 0.2) is 0 Å². The summed E-state index contributed by atoms with van der Waals surface area (Å²) in [5.74, 6) is 0. The predicted molar refractivity (Wildman–Crippen MR) is 172 cm³/mol. The second kappa shape index (κ2) is 8.05. The van der Waals surface area contributed by atoms with E-state index in [1.54, 1.807) is 5.19 Å². The fourth-order valence-electron chi connectivity index (χ4n) is 6.96. The van der Waals surface area contributed by atoms with Crippen LogP contribution in [0.25, 0.3) is 43.4 Å². The van der Waals surface area contributed by atoms with Crippen LogP contribution in [0.2, 0.25) is 13.1 Å². The molecule has 0 unspecified atom stereocenters. The average molecular weight is 516 g/mol. The van der Waals surface area contributed by atoms with E-state index in [1.165, 1.54) is 71.3 Å². The Kier molecular flexibility index (Phi) is 4.66. The Hall–Kier alpha value is -4.40. The lowest BCUT2D eigenvalue weighted by Gasteiger charge is -2.29. The molecule has 0 N–H and O–H groups in total. The van der Waals surface area contributed by atoms with Gasteiger partial charge < -0.3 is 4.90 Å². The van der Waals surface area contributed by atoms with Gasteiger partial charge in [-0.2, -0.15) is 0 Å². The molecule has 0 atom stereocenters. The topological polar surface area (TPSA) is 3.24 Å². The van der Waals surface area contributed by atoms with Gasteiger partial charge in [-0.3, -0.25) is 0 Å². The van der Waals surface area contributed by atoms with E-state index >= 15 is 0 Å². The van der Waals surface area contributed by atoms with E-state index < -0.39 is 8.07 Å². The summed E-state index contributed by atoms with van der Waals surface area (Å²) in [7, 11) is -1.80. The van der Waals surface area contributed by atoms with Crippen molar-refractivity contribution in [3.05, 3.63) is 127 Å². The van der Waals surface area contributed by atoms with Crippen molar-refractivity contribution in [1.29, 1.82) is 0 Å². The largest absolute Gasteiger partial charge is 0.310 e. The molecule has 2 heteroatoms. The Balaban J connectivity index is 1.42. The summed E-state index contributed by atoms with van der Waals surface area (Å²) in [6, 6.07) is 45.4. The maximum Gasteiger partial charge on any atom is 0.113 e. The molecular formula is C37H29NSi. The first-order valence-corrected chi connectivity index (χ1v) is 16.8. The minimum absolute atomic E-state index is 1.18. The SMILES string of the molecule is Cc1ccc2ccc3c(N(c4ccccc4)c4ccc5c(c4)[Si](C)(C)c4ccccc4-5)ccc4ccc1c2c43. The highest BCUT2D eigenvalue weighted by Crippen LogP contribution is 2.44. The van der Waals surface area contributed by atoms with Crippen molar-refractivity contribution in [3.63, 3.8) is 0 Å². The lowest BCUT2D eigenvalue weighted by molar-refractivity contribution is 1.30. The highest BCUT2D eigenvalue weighted by atomic mass is 28.3. The van der Waals surface area contributed by atoms with Crippen LogP contribution in [0.1, 0.15) is 5.56 Å².